The van der Waals surface area contributed by atoms with E-state index in [0.29, 0.717) is 18.2 Å². The Morgan fingerprint density at radius 1 is 1.42 bits per heavy atom. The number of nitrogens with one attached hydrogen (secondary N) is 1. The van der Waals surface area contributed by atoms with Crippen LogP contribution in [-0.4, -0.2) is 15.0 Å². The van der Waals surface area contributed by atoms with Gasteiger partial charge >= 0.3 is 0 Å². The van der Waals surface area contributed by atoms with Crippen molar-refractivity contribution < 1.29 is 4.39 Å². The predicted molar refractivity (Wildman–Crippen MR) is 76.7 cm³/mol. The van der Waals surface area contributed by atoms with Crippen LogP contribution in [0.5, 0.6) is 0 Å². The van der Waals surface area contributed by atoms with Crippen LogP contribution in [0.15, 0.2) is 30.5 Å². The van der Waals surface area contributed by atoms with Gasteiger partial charge in [-0.1, -0.05) is 29.9 Å². The summed E-state index contributed by atoms with van der Waals surface area (Å²) in [6, 6.07) is 6.11. The number of halogens is 2. The molecule has 3 N–H and O–H groups in total. The molecule has 0 amide bonds. The molecule has 0 aliphatic carbocycles. The third-order valence-electron chi connectivity index (χ3n) is 2.34. The summed E-state index contributed by atoms with van der Waals surface area (Å²) in [5.41, 5.74) is 6.79. The minimum absolute atomic E-state index is 0.0807. The van der Waals surface area contributed by atoms with Crippen molar-refractivity contribution in [2.45, 2.75) is 6.54 Å². The van der Waals surface area contributed by atoms with E-state index in [9.17, 15) is 4.39 Å². The number of hydrogen-bond donors (Lipinski definition) is 2. The average Bonchev–Trinajstić information content (AvgIpc) is 2.40. The van der Waals surface area contributed by atoms with Gasteiger partial charge in [-0.3, -0.25) is 0 Å². The molecule has 0 aliphatic heterocycles. The lowest BCUT2D eigenvalue weighted by atomic mass is 10.2. The number of rotatable bonds is 4. The molecule has 4 nitrogen and oxygen atoms in total. The van der Waals surface area contributed by atoms with Crippen molar-refractivity contribution in [2.24, 2.45) is 5.73 Å². The smallest absolute Gasteiger partial charge is 0.223 e. The van der Waals surface area contributed by atoms with E-state index >= 15 is 0 Å². The van der Waals surface area contributed by atoms with Gasteiger partial charge in [-0.2, -0.15) is 0 Å². The van der Waals surface area contributed by atoms with Crippen LogP contribution < -0.4 is 11.1 Å². The molecule has 0 atom stereocenters. The molecule has 19 heavy (non-hydrogen) atoms. The normalized spacial score (nSPS) is 10.2. The molecule has 1 aromatic heterocycles. The maximum absolute atomic E-state index is 13.0. The number of benzene rings is 1. The maximum Gasteiger partial charge on any atom is 0.223 e. The molecular formula is C12H10ClFN4S. The first-order valence-corrected chi connectivity index (χ1v) is 6.15. The summed E-state index contributed by atoms with van der Waals surface area (Å²) < 4.78 is 13.0. The molecule has 2 rings (SSSR count). The number of nitrogens with two attached hydrogens (primary N) is 1. The van der Waals surface area contributed by atoms with E-state index in [4.69, 9.17) is 29.6 Å². The quantitative estimate of drug-likeness (QED) is 0.849. The molecule has 1 heterocycles. The average molecular weight is 297 g/mol. The molecule has 0 fully saturated rings. The first-order chi connectivity index (χ1) is 9.06. The highest BCUT2D eigenvalue weighted by Gasteiger charge is 2.03. The largest absolute Gasteiger partial charge is 0.388 e. The van der Waals surface area contributed by atoms with Crippen molar-refractivity contribution in [3.8, 4) is 0 Å². The van der Waals surface area contributed by atoms with Gasteiger partial charge in [0.1, 0.15) is 16.5 Å². The summed E-state index contributed by atoms with van der Waals surface area (Å²) in [7, 11) is 0. The predicted octanol–water partition coefficient (Wildman–Crippen LogP) is 2.52. The molecule has 0 unspecified atom stereocenters. The first kappa shape index (κ1) is 13.6. The van der Waals surface area contributed by atoms with Crippen LogP contribution in [0.4, 0.5) is 10.3 Å². The van der Waals surface area contributed by atoms with E-state index in [-0.39, 0.29) is 10.0 Å². The lowest BCUT2D eigenvalue weighted by molar-refractivity contribution is 0.627. The van der Waals surface area contributed by atoms with Gasteiger partial charge in [0.2, 0.25) is 5.95 Å². The zero-order valence-electron chi connectivity index (χ0n) is 9.73. The first-order valence-electron chi connectivity index (χ1n) is 5.37. The Hall–Kier alpha value is -1.79. The van der Waals surface area contributed by atoms with E-state index in [0.717, 1.165) is 5.56 Å². The Bertz CT molecular complexity index is 620. The zero-order valence-corrected chi connectivity index (χ0v) is 11.3. The second kappa shape index (κ2) is 5.90. The lowest BCUT2D eigenvalue weighted by Gasteiger charge is -2.06. The molecule has 0 aliphatic rings. The van der Waals surface area contributed by atoms with Crippen LogP contribution in [0.2, 0.25) is 5.02 Å². The second-order valence-corrected chi connectivity index (χ2v) is 4.58. The van der Waals surface area contributed by atoms with Crippen LogP contribution >= 0.6 is 23.8 Å². The molecule has 98 valence electrons. The number of hydrogen-bond acceptors (Lipinski definition) is 4. The standard InChI is InChI=1S/C12H10ClFN4S/c13-8-5-7(1-2-9(8)14)6-17-12-16-4-3-10(18-12)11(15)19/h1-5H,6H2,(H2,15,19)(H,16,17,18). The van der Waals surface area contributed by atoms with Crippen LogP contribution in [0.1, 0.15) is 11.3 Å². The number of thiocarbonyl (C=S) groups is 1. The molecule has 0 spiro atoms. The van der Waals surface area contributed by atoms with Crippen molar-refractivity contribution in [2.75, 3.05) is 5.32 Å². The number of anilines is 1. The molecule has 0 radical (unpaired) electrons. The Balaban J connectivity index is 2.07. The van der Waals surface area contributed by atoms with Gasteiger partial charge in [0.05, 0.1) is 5.02 Å². The molecular weight excluding hydrogens is 287 g/mol. The van der Waals surface area contributed by atoms with Gasteiger partial charge in [-0.15, -0.1) is 0 Å². The lowest BCUT2D eigenvalue weighted by Crippen LogP contribution is -2.13. The maximum atomic E-state index is 13.0. The summed E-state index contributed by atoms with van der Waals surface area (Å²) >= 11 is 10.5. The van der Waals surface area contributed by atoms with Gasteiger partial charge < -0.3 is 11.1 Å². The highest BCUT2D eigenvalue weighted by Crippen LogP contribution is 2.16. The molecule has 0 saturated heterocycles. The SMILES string of the molecule is NC(=S)c1ccnc(NCc2ccc(F)c(Cl)c2)n1. The Morgan fingerprint density at radius 2 is 2.21 bits per heavy atom. The molecule has 7 heteroatoms. The van der Waals surface area contributed by atoms with E-state index in [1.165, 1.54) is 6.07 Å². The third-order valence-corrected chi connectivity index (χ3v) is 2.84. The number of nitrogens with zero attached hydrogens (tertiary/aromatic N) is 2. The monoisotopic (exact) mass is 296 g/mol. The zero-order chi connectivity index (χ0) is 13.8. The van der Waals surface area contributed by atoms with Crippen molar-refractivity contribution in [3.05, 3.63) is 52.6 Å². The fourth-order valence-corrected chi connectivity index (χ4v) is 1.73. The fraction of sp³-hybridized carbons (Fsp3) is 0.0833. The van der Waals surface area contributed by atoms with Crippen molar-refractivity contribution in [1.82, 2.24) is 9.97 Å². The van der Waals surface area contributed by atoms with E-state index in [2.05, 4.69) is 15.3 Å². The van der Waals surface area contributed by atoms with E-state index in [1.807, 2.05) is 0 Å². The minimum atomic E-state index is -0.447. The number of aromatic nitrogens is 2. The summed E-state index contributed by atoms with van der Waals surface area (Å²) in [6.07, 6.45) is 1.56. The van der Waals surface area contributed by atoms with Crippen LogP contribution in [-0.2, 0) is 6.54 Å². The summed E-state index contributed by atoms with van der Waals surface area (Å²) in [4.78, 5) is 8.37. The molecule has 0 bridgehead atoms. The fourth-order valence-electron chi connectivity index (χ4n) is 1.41. The summed E-state index contributed by atoms with van der Waals surface area (Å²) in [5.74, 6) is -0.0529. The summed E-state index contributed by atoms with van der Waals surface area (Å²) in [5, 5.41) is 3.07. The van der Waals surface area contributed by atoms with Gasteiger partial charge in [0.15, 0.2) is 0 Å². The second-order valence-electron chi connectivity index (χ2n) is 3.73. The Labute approximate surface area is 119 Å². The molecule has 0 saturated carbocycles. The third kappa shape index (κ3) is 3.59. The minimum Gasteiger partial charge on any atom is -0.388 e. The summed E-state index contributed by atoms with van der Waals surface area (Å²) in [6.45, 7) is 0.417. The van der Waals surface area contributed by atoms with Crippen LogP contribution in [0, 0.1) is 5.82 Å². The van der Waals surface area contributed by atoms with Gasteiger partial charge in [-0.05, 0) is 23.8 Å². The van der Waals surface area contributed by atoms with Crippen molar-refractivity contribution in [3.63, 3.8) is 0 Å². The van der Waals surface area contributed by atoms with Crippen LogP contribution in [0.3, 0.4) is 0 Å². The highest BCUT2D eigenvalue weighted by molar-refractivity contribution is 7.80. The van der Waals surface area contributed by atoms with E-state index < -0.39 is 5.82 Å². The van der Waals surface area contributed by atoms with Crippen LogP contribution in [0.25, 0.3) is 0 Å². The van der Waals surface area contributed by atoms with Gasteiger partial charge in [-0.25, -0.2) is 14.4 Å². The van der Waals surface area contributed by atoms with E-state index in [1.54, 1.807) is 24.4 Å². The topological polar surface area (TPSA) is 63.8 Å². The van der Waals surface area contributed by atoms with Gasteiger partial charge in [0, 0.05) is 12.7 Å². The molecule has 1 aromatic carbocycles. The molecule has 2 aromatic rings. The van der Waals surface area contributed by atoms with Crippen molar-refractivity contribution in [1.29, 1.82) is 0 Å². The van der Waals surface area contributed by atoms with Gasteiger partial charge in [0.25, 0.3) is 0 Å². The Morgan fingerprint density at radius 3 is 2.89 bits per heavy atom. The van der Waals surface area contributed by atoms with Crippen molar-refractivity contribution >= 4 is 34.8 Å². The Kier molecular flexibility index (Phi) is 4.24. The highest BCUT2D eigenvalue weighted by atomic mass is 35.5.